The fourth-order valence-electron chi connectivity index (χ4n) is 1.89. The van der Waals surface area contributed by atoms with Crippen LogP contribution in [-0.4, -0.2) is 4.98 Å². The number of benzene rings is 2. The van der Waals surface area contributed by atoms with E-state index in [9.17, 15) is 0 Å². The van der Waals surface area contributed by atoms with Gasteiger partial charge in [-0.05, 0) is 38.8 Å². The SMILES string of the molecule is Brc1cc2ccccc2c2cccnc12. The molecule has 0 aliphatic heterocycles. The molecule has 0 bridgehead atoms. The normalized spacial score (nSPS) is 11.0. The van der Waals surface area contributed by atoms with Crippen molar-refractivity contribution >= 4 is 37.6 Å². The third-order valence-electron chi connectivity index (χ3n) is 2.57. The molecule has 15 heavy (non-hydrogen) atoms. The Morgan fingerprint density at radius 2 is 1.73 bits per heavy atom. The predicted molar refractivity (Wildman–Crippen MR) is 66.9 cm³/mol. The number of hydrogen-bond donors (Lipinski definition) is 0. The Balaban J connectivity index is 2.64. The Hall–Kier alpha value is -1.41. The minimum atomic E-state index is 1.02. The molecular formula is C13H8BrN. The molecule has 0 aliphatic rings. The molecule has 2 aromatic carbocycles. The summed E-state index contributed by atoms with van der Waals surface area (Å²) < 4.78 is 1.05. The molecule has 0 unspecified atom stereocenters. The summed E-state index contributed by atoms with van der Waals surface area (Å²) in [4.78, 5) is 4.38. The van der Waals surface area contributed by atoms with Crippen molar-refractivity contribution in [1.82, 2.24) is 4.98 Å². The van der Waals surface area contributed by atoms with Gasteiger partial charge >= 0.3 is 0 Å². The summed E-state index contributed by atoms with van der Waals surface area (Å²) >= 11 is 3.56. The van der Waals surface area contributed by atoms with Gasteiger partial charge in [-0.1, -0.05) is 30.3 Å². The summed E-state index contributed by atoms with van der Waals surface area (Å²) in [6.07, 6.45) is 1.82. The minimum Gasteiger partial charge on any atom is -0.255 e. The second-order valence-electron chi connectivity index (χ2n) is 3.48. The van der Waals surface area contributed by atoms with Crippen LogP contribution in [0.5, 0.6) is 0 Å². The molecule has 0 atom stereocenters. The van der Waals surface area contributed by atoms with E-state index in [0.29, 0.717) is 0 Å². The van der Waals surface area contributed by atoms with Crippen molar-refractivity contribution < 1.29 is 0 Å². The molecule has 0 fully saturated rings. The van der Waals surface area contributed by atoms with Crippen molar-refractivity contribution in [2.24, 2.45) is 0 Å². The van der Waals surface area contributed by atoms with Gasteiger partial charge in [0.15, 0.2) is 0 Å². The molecule has 3 aromatic rings. The number of aromatic nitrogens is 1. The highest BCUT2D eigenvalue weighted by atomic mass is 79.9. The van der Waals surface area contributed by atoms with Crippen molar-refractivity contribution in [2.75, 3.05) is 0 Å². The molecule has 0 radical (unpaired) electrons. The Morgan fingerprint density at radius 3 is 2.67 bits per heavy atom. The molecule has 0 aliphatic carbocycles. The van der Waals surface area contributed by atoms with E-state index in [4.69, 9.17) is 0 Å². The standard InChI is InChI=1S/C13H8BrN/c14-12-8-9-4-1-2-5-10(9)11-6-3-7-15-13(11)12/h1-8H. The molecule has 0 amide bonds. The molecule has 0 N–H and O–H groups in total. The average molecular weight is 258 g/mol. The largest absolute Gasteiger partial charge is 0.255 e. The number of halogens is 1. The van der Waals surface area contributed by atoms with Gasteiger partial charge in [0.1, 0.15) is 0 Å². The lowest BCUT2D eigenvalue weighted by molar-refractivity contribution is 1.41. The second-order valence-corrected chi connectivity index (χ2v) is 4.33. The van der Waals surface area contributed by atoms with Crippen molar-refractivity contribution in [3.63, 3.8) is 0 Å². The number of rotatable bonds is 0. The van der Waals surface area contributed by atoms with Crippen LogP contribution in [0, 0.1) is 0 Å². The van der Waals surface area contributed by atoms with Crippen LogP contribution in [0.4, 0.5) is 0 Å². The number of pyridine rings is 1. The molecule has 3 rings (SSSR count). The molecule has 72 valence electrons. The van der Waals surface area contributed by atoms with Gasteiger partial charge in [0.05, 0.1) is 5.52 Å². The monoisotopic (exact) mass is 257 g/mol. The number of nitrogens with zero attached hydrogens (tertiary/aromatic N) is 1. The molecule has 2 heteroatoms. The van der Waals surface area contributed by atoms with Crippen LogP contribution >= 0.6 is 15.9 Å². The first-order chi connectivity index (χ1) is 7.36. The maximum Gasteiger partial charge on any atom is 0.0850 e. The molecule has 0 saturated carbocycles. The lowest BCUT2D eigenvalue weighted by Crippen LogP contribution is -1.82. The third kappa shape index (κ3) is 1.33. The van der Waals surface area contributed by atoms with E-state index in [1.54, 1.807) is 0 Å². The zero-order valence-corrected chi connectivity index (χ0v) is 9.53. The quantitative estimate of drug-likeness (QED) is 0.552. The first-order valence-electron chi connectivity index (χ1n) is 4.78. The lowest BCUT2D eigenvalue weighted by Gasteiger charge is -2.04. The van der Waals surface area contributed by atoms with Crippen LogP contribution in [0.25, 0.3) is 21.7 Å². The molecule has 1 nitrogen and oxygen atoms in total. The van der Waals surface area contributed by atoms with E-state index in [1.165, 1.54) is 16.2 Å². The zero-order valence-electron chi connectivity index (χ0n) is 7.94. The van der Waals surface area contributed by atoms with E-state index >= 15 is 0 Å². The Labute approximate surface area is 95.9 Å². The maximum absolute atomic E-state index is 4.38. The van der Waals surface area contributed by atoms with Crippen LogP contribution in [0.15, 0.2) is 53.1 Å². The zero-order chi connectivity index (χ0) is 10.3. The van der Waals surface area contributed by atoms with Gasteiger partial charge in [0.2, 0.25) is 0 Å². The van der Waals surface area contributed by atoms with Crippen molar-refractivity contribution in [1.29, 1.82) is 0 Å². The Morgan fingerprint density at radius 1 is 0.933 bits per heavy atom. The van der Waals surface area contributed by atoms with E-state index < -0.39 is 0 Å². The van der Waals surface area contributed by atoms with Gasteiger partial charge in [0, 0.05) is 16.1 Å². The fraction of sp³-hybridized carbons (Fsp3) is 0. The van der Waals surface area contributed by atoms with E-state index in [-0.39, 0.29) is 0 Å². The third-order valence-corrected chi connectivity index (χ3v) is 3.17. The van der Waals surface area contributed by atoms with Crippen molar-refractivity contribution in [2.45, 2.75) is 0 Å². The van der Waals surface area contributed by atoms with Crippen LogP contribution < -0.4 is 0 Å². The summed E-state index contributed by atoms with van der Waals surface area (Å²) in [5.41, 5.74) is 1.02. The molecule has 0 saturated heterocycles. The summed E-state index contributed by atoms with van der Waals surface area (Å²) in [5, 5.41) is 3.69. The highest BCUT2D eigenvalue weighted by Crippen LogP contribution is 2.29. The smallest absolute Gasteiger partial charge is 0.0850 e. The lowest BCUT2D eigenvalue weighted by atomic mass is 10.1. The van der Waals surface area contributed by atoms with Gasteiger partial charge in [-0.3, -0.25) is 4.98 Å². The number of fused-ring (bicyclic) bond motifs is 3. The molecule has 1 aromatic heterocycles. The summed E-state index contributed by atoms with van der Waals surface area (Å²) in [6.45, 7) is 0. The topological polar surface area (TPSA) is 12.9 Å². The van der Waals surface area contributed by atoms with Crippen molar-refractivity contribution in [3.05, 3.63) is 53.1 Å². The average Bonchev–Trinajstić information content (AvgIpc) is 2.30. The Bertz CT molecular complexity index is 646. The fourth-order valence-corrected chi connectivity index (χ4v) is 2.45. The molecule has 1 heterocycles. The van der Waals surface area contributed by atoms with E-state index in [2.05, 4.69) is 57.3 Å². The minimum absolute atomic E-state index is 1.02. The van der Waals surface area contributed by atoms with Crippen LogP contribution in [0.1, 0.15) is 0 Å². The van der Waals surface area contributed by atoms with Gasteiger partial charge in [-0.25, -0.2) is 0 Å². The predicted octanol–water partition coefficient (Wildman–Crippen LogP) is 4.15. The van der Waals surface area contributed by atoms with Gasteiger partial charge < -0.3 is 0 Å². The first-order valence-corrected chi connectivity index (χ1v) is 5.57. The van der Waals surface area contributed by atoms with Crippen LogP contribution in [0.2, 0.25) is 0 Å². The van der Waals surface area contributed by atoms with E-state index in [0.717, 1.165) is 9.99 Å². The highest BCUT2D eigenvalue weighted by molar-refractivity contribution is 9.10. The van der Waals surface area contributed by atoms with Crippen LogP contribution in [0.3, 0.4) is 0 Å². The summed E-state index contributed by atoms with van der Waals surface area (Å²) in [5.74, 6) is 0. The summed E-state index contributed by atoms with van der Waals surface area (Å²) in [7, 11) is 0. The van der Waals surface area contributed by atoms with Crippen LogP contribution in [-0.2, 0) is 0 Å². The maximum atomic E-state index is 4.38. The van der Waals surface area contributed by atoms with Gasteiger partial charge in [0.25, 0.3) is 0 Å². The van der Waals surface area contributed by atoms with Gasteiger partial charge in [-0.15, -0.1) is 0 Å². The first kappa shape index (κ1) is 8.86. The van der Waals surface area contributed by atoms with Crippen molar-refractivity contribution in [3.8, 4) is 0 Å². The molecule has 0 spiro atoms. The molecular weight excluding hydrogens is 250 g/mol. The van der Waals surface area contributed by atoms with Gasteiger partial charge in [-0.2, -0.15) is 0 Å². The highest BCUT2D eigenvalue weighted by Gasteiger charge is 2.03. The second kappa shape index (κ2) is 3.31. The summed E-state index contributed by atoms with van der Waals surface area (Å²) in [6, 6.07) is 14.6. The Kier molecular flexibility index (Phi) is 1.96. The number of hydrogen-bond acceptors (Lipinski definition) is 1. The van der Waals surface area contributed by atoms with E-state index in [1.807, 2.05) is 12.3 Å².